The highest BCUT2D eigenvalue weighted by Gasteiger charge is 2.41. The van der Waals surface area contributed by atoms with E-state index in [1.807, 2.05) is 0 Å². The molecule has 0 atom stereocenters. The maximum absolute atomic E-state index is 6.95. The van der Waals surface area contributed by atoms with E-state index >= 15 is 0 Å². The number of hydrogen-bond donors (Lipinski definition) is 0. The van der Waals surface area contributed by atoms with Crippen LogP contribution in [0.25, 0.3) is 82.8 Å². The van der Waals surface area contributed by atoms with Crippen LogP contribution in [0.15, 0.2) is 211 Å². The molecule has 0 unspecified atom stereocenters. The summed E-state index contributed by atoms with van der Waals surface area (Å²) in [6, 6.07) is 74.4. The summed E-state index contributed by atoms with van der Waals surface area (Å²) in [7, 11) is 0. The first-order chi connectivity index (χ1) is 29.5. The zero-order valence-electron chi connectivity index (χ0n) is 33.4. The van der Waals surface area contributed by atoms with E-state index in [9.17, 15) is 0 Å². The van der Waals surface area contributed by atoms with Crippen molar-refractivity contribution in [2.45, 2.75) is 19.3 Å². The summed E-state index contributed by atoms with van der Waals surface area (Å²) in [4.78, 5) is 2.37. The van der Waals surface area contributed by atoms with Crippen LogP contribution in [0, 0.1) is 0 Å². The molecule has 0 radical (unpaired) electrons. The van der Waals surface area contributed by atoms with Gasteiger partial charge in [-0.25, -0.2) is 0 Å². The first-order valence-corrected chi connectivity index (χ1v) is 20.8. The third-order valence-electron chi connectivity index (χ3n) is 12.7. The molecule has 3 heteroatoms. The van der Waals surface area contributed by atoms with E-state index in [2.05, 4.69) is 230 Å². The summed E-state index contributed by atoms with van der Waals surface area (Å²) in [6.45, 7) is 4.75. The molecule has 284 valence electrons. The lowest BCUT2D eigenvalue weighted by Gasteiger charge is -2.26. The molecule has 0 N–H and O–H groups in total. The second kappa shape index (κ2) is 13.2. The molecule has 0 bridgehead atoms. The molecule has 0 saturated heterocycles. The van der Waals surface area contributed by atoms with Gasteiger partial charge >= 0.3 is 0 Å². The lowest BCUT2D eigenvalue weighted by atomic mass is 9.80. The van der Waals surface area contributed by atoms with E-state index in [4.69, 9.17) is 4.42 Å². The lowest BCUT2D eigenvalue weighted by Crippen LogP contribution is -2.15. The van der Waals surface area contributed by atoms with Crippen LogP contribution in [-0.4, -0.2) is 4.57 Å². The summed E-state index contributed by atoms with van der Waals surface area (Å²) in [5.74, 6) is 0. The van der Waals surface area contributed by atoms with Crippen LogP contribution in [0.2, 0.25) is 0 Å². The second-order valence-electron chi connectivity index (χ2n) is 16.5. The molecule has 0 spiro atoms. The van der Waals surface area contributed by atoms with Crippen LogP contribution in [-0.2, 0) is 5.41 Å². The molecule has 3 nitrogen and oxygen atoms in total. The predicted octanol–water partition coefficient (Wildman–Crippen LogP) is 15.8. The Morgan fingerprint density at radius 1 is 0.467 bits per heavy atom. The maximum atomic E-state index is 6.95. The van der Waals surface area contributed by atoms with Crippen molar-refractivity contribution in [1.82, 2.24) is 4.57 Å². The Morgan fingerprint density at radius 3 is 1.80 bits per heavy atom. The van der Waals surface area contributed by atoms with Gasteiger partial charge in [0.1, 0.15) is 11.2 Å². The van der Waals surface area contributed by atoms with E-state index in [0.717, 1.165) is 44.7 Å². The number of furan rings is 1. The maximum Gasteiger partial charge on any atom is 0.145 e. The summed E-state index contributed by atoms with van der Waals surface area (Å²) in [5.41, 5.74) is 18.3. The van der Waals surface area contributed by atoms with Gasteiger partial charge in [-0.3, -0.25) is 0 Å². The van der Waals surface area contributed by atoms with E-state index in [0.29, 0.717) is 0 Å². The van der Waals surface area contributed by atoms with Crippen molar-refractivity contribution in [3.63, 3.8) is 0 Å². The van der Waals surface area contributed by atoms with Crippen molar-refractivity contribution in [2.75, 3.05) is 4.90 Å². The van der Waals surface area contributed by atoms with Crippen LogP contribution in [0.5, 0.6) is 0 Å². The molecule has 12 rings (SSSR count). The molecule has 0 aliphatic heterocycles. The van der Waals surface area contributed by atoms with Crippen LogP contribution < -0.4 is 4.90 Å². The largest absolute Gasteiger partial charge is 0.455 e. The summed E-state index contributed by atoms with van der Waals surface area (Å²) < 4.78 is 9.43. The predicted molar refractivity (Wildman–Crippen MR) is 251 cm³/mol. The Labute approximate surface area is 349 Å². The van der Waals surface area contributed by atoms with Crippen molar-refractivity contribution < 1.29 is 4.42 Å². The summed E-state index contributed by atoms with van der Waals surface area (Å²) in [6.07, 6.45) is 0. The van der Waals surface area contributed by atoms with Gasteiger partial charge in [0.15, 0.2) is 0 Å². The van der Waals surface area contributed by atoms with Crippen LogP contribution in [0.3, 0.4) is 0 Å². The quantitative estimate of drug-likeness (QED) is 0.168. The Balaban J connectivity index is 1.08. The highest BCUT2D eigenvalue weighted by atomic mass is 16.3. The highest BCUT2D eigenvalue weighted by Crippen LogP contribution is 2.58. The zero-order valence-corrected chi connectivity index (χ0v) is 33.4. The number of benzene rings is 9. The first-order valence-electron chi connectivity index (χ1n) is 20.8. The smallest absolute Gasteiger partial charge is 0.145 e. The molecule has 1 aliphatic rings. The zero-order chi connectivity index (χ0) is 40.0. The van der Waals surface area contributed by atoms with E-state index in [1.54, 1.807) is 0 Å². The fraction of sp³-hybridized carbons (Fsp3) is 0.0526. The molecular formula is C57H40N2O. The van der Waals surface area contributed by atoms with Gasteiger partial charge in [-0.05, 0) is 99.6 Å². The molecule has 60 heavy (non-hydrogen) atoms. The minimum atomic E-state index is -0.235. The average molecular weight is 769 g/mol. The van der Waals surface area contributed by atoms with Gasteiger partial charge in [0.25, 0.3) is 0 Å². The summed E-state index contributed by atoms with van der Waals surface area (Å²) >= 11 is 0. The van der Waals surface area contributed by atoms with Gasteiger partial charge in [0.05, 0.1) is 16.4 Å². The van der Waals surface area contributed by atoms with Crippen molar-refractivity contribution in [3.8, 4) is 39.1 Å². The Kier molecular flexibility index (Phi) is 7.58. The standard InChI is InChI=1S/C57H40N2O/c1-57(2)48-25-12-9-22-45(48)52-54(57)51-46-23-10-13-26-49(46)59(55(51)53-47-24-11-14-27-50(47)60-56(52)53)43-34-32-42(33-35-43)58(41-30-28-39(29-31-41)37-16-5-3-6-17-37)44-21-15-20-40(36-44)38-18-7-4-8-19-38/h3-36H,1-2H3. The van der Waals surface area contributed by atoms with Crippen molar-refractivity contribution in [2.24, 2.45) is 0 Å². The van der Waals surface area contributed by atoms with Crippen molar-refractivity contribution >= 4 is 60.8 Å². The molecule has 9 aromatic carbocycles. The number of rotatable bonds is 6. The van der Waals surface area contributed by atoms with Crippen molar-refractivity contribution in [1.29, 1.82) is 0 Å². The molecule has 1 aliphatic carbocycles. The number of anilines is 3. The van der Waals surface area contributed by atoms with Gasteiger partial charge < -0.3 is 13.9 Å². The van der Waals surface area contributed by atoms with E-state index < -0.39 is 0 Å². The first kappa shape index (κ1) is 34.4. The number of fused-ring (bicyclic) bond motifs is 12. The second-order valence-corrected chi connectivity index (χ2v) is 16.5. The topological polar surface area (TPSA) is 21.3 Å². The molecule has 11 aromatic rings. The molecular weight excluding hydrogens is 729 g/mol. The Bertz CT molecular complexity index is 3430. The van der Waals surface area contributed by atoms with Gasteiger partial charge in [-0.1, -0.05) is 159 Å². The van der Waals surface area contributed by atoms with Gasteiger partial charge in [0.2, 0.25) is 0 Å². The monoisotopic (exact) mass is 768 g/mol. The average Bonchev–Trinajstić information content (AvgIpc) is 3.93. The van der Waals surface area contributed by atoms with E-state index in [1.165, 1.54) is 66.3 Å². The molecule has 2 aromatic heterocycles. The molecule has 0 amide bonds. The van der Waals surface area contributed by atoms with Crippen LogP contribution in [0.1, 0.15) is 25.0 Å². The summed E-state index contributed by atoms with van der Waals surface area (Å²) in [5, 5.41) is 4.83. The number of aromatic nitrogens is 1. The fourth-order valence-corrected chi connectivity index (χ4v) is 10.0. The van der Waals surface area contributed by atoms with Crippen LogP contribution in [0.4, 0.5) is 17.1 Å². The molecule has 0 saturated carbocycles. The van der Waals surface area contributed by atoms with Gasteiger partial charge in [0, 0.05) is 49.9 Å². The number of nitrogens with zero attached hydrogens (tertiary/aromatic N) is 2. The van der Waals surface area contributed by atoms with Crippen LogP contribution >= 0.6 is 0 Å². The van der Waals surface area contributed by atoms with Gasteiger partial charge in [-0.15, -0.1) is 0 Å². The fourth-order valence-electron chi connectivity index (χ4n) is 10.0. The highest BCUT2D eigenvalue weighted by molar-refractivity contribution is 6.30. The van der Waals surface area contributed by atoms with Gasteiger partial charge in [-0.2, -0.15) is 0 Å². The molecule has 0 fully saturated rings. The normalized spacial score (nSPS) is 13.0. The Hall–Kier alpha value is -7.62. The third-order valence-corrected chi connectivity index (χ3v) is 12.7. The molecule has 2 heterocycles. The third kappa shape index (κ3) is 5.09. The lowest BCUT2D eigenvalue weighted by molar-refractivity contribution is 0.658. The number of hydrogen-bond acceptors (Lipinski definition) is 2. The van der Waals surface area contributed by atoms with E-state index in [-0.39, 0.29) is 5.41 Å². The SMILES string of the molecule is CC1(C)c2ccccc2-c2c1c1c3ccccc3n(-c3ccc(N(c4ccc(-c5ccccc5)cc4)c4cccc(-c5ccccc5)c4)cc3)c1c1c2oc2ccccc21. The van der Waals surface area contributed by atoms with Crippen molar-refractivity contribution in [3.05, 3.63) is 217 Å². The Morgan fingerprint density at radius 2 is 1.05 bits per heavy atom. The number of para-hydroxylation sites is 2. The minimum Gasteiger partial charge on any atom is -0.455 e. The minimum absolute atomic E-state index is 0.235.